The summed E-state index contributed by atoms with van der Waals surface area (Å²) in [4.78, 5) is 15.4. The van der Waals surface area contributed by atoms with E-state index in [-0.39, 0.29) is 10.8 Å². The number of sulfonamides is 1. The molecule has 0 atom stereocenters. The second-order valence-corrected chi connectivity index (χ2v) is 9.33. The zero-order valence-corrected chi connectivity index (χ0v) is 19.3. The average Bonchev–Trinajstić information content (AvgIpc) is 3.28. The molecule has 0 radical (unpaired) electrons. The Labute approximate surface area is 200 Å². The predicted octanol–water partition coefficient (Wildman–Crippen LogP) is 3.61. The van der Waals surface area contributed by atoms with Crippen molar-refractivity contribution < 1.29 is 13.2 Å². The summed E-state index contributed by atoms with van der Waals surface area (Å²) in [7, 11) is -3.84. The molecular formula is C24H19N7O3S. The number of rotatable bonds is 6. The van der Waals surface area contributed by atoms with E-state index in [1.807, 2.05) is 18.2 Å². The molecule has 0 aliphatic carbocycles. The summed E-state index contributed by atoms with van der Waals surface area (Å²) >= 11 is 0. The third kappa shape index (κ3) is 4.70. The van der Waals surface area contributed by atoms with E-state index in [0.717, 1.165) is 5.56 Å². The van der Waals surface area contributed by atoms with Crippen LogP contribution in [-0.2, 0) is 14.8 Å². The molecule has 2 aromatic carbocycles. The molecular weight excluding hydrogens is 466 g/mol. The fourth-order valence-electron chi connectivity index (χ4n) is 3.49. The standard InChI is InChI=1S/C24H19N7O3S/c1-16(32)26-19-7-9-21(10-8-19)35(33,34)30-20-6-2-4-17(14-20)22-11-12-23-27-28-24(31(23)29-22)18-5-3-13-25-15-18/h2-15,30H,1H3,(H,26,32). The van der Waals surface area contributed by atoms with Gasteiger partial charge in [-0.3, -0.25) is 14.5 Å². The molecule has 0 fully saturated rings. The van der Waals surface area contributed by atoms with Crippen molar-refractivity contribution in [1.29, 1.82) is 0 Å². The zero-order chi connectivity index (χ0) is 24.4. The summed E-state index contributed by atoms with van der Waals surface area (Å²) < 4.78 is 30.0. The summed E-state index contributed by atoms with van der Waals surface area (Å²) in [6, 6.07) is 20.1. The molecule has 5 aromatic rings. The van der Waals surface area contributed by atoms with Gasteiger partial charge in [-0.05, 0) is 60.7 Å². The van der Waals surface area contributed by atoms with Crippen molar-refractivity contribution in [1.82, 2.24) is 24.8 Å². The first-order valence-electron chi connectivity index (χ1n) is 10.5. The second-order valence-electron chi connectivity index (χ2n) is 7.65. The molecule has 11 heteroatoms. The van der Waals surface area contributed by atoms with Gasteiger partial charge in [-0.2, -0.15) is 9.61 Å². The van der Waals surface area contributed by atoms with Gasteiger partial charge in [0.2, 0.25) is 5.91 Å². The van der Waals surface area contributed by atoms with Crippen LogP contribution in [0.2, 0.25) is 0 Å². The van der Waals surface area contributed by atoms with Gasteiger partial charge < -0.3 is 5.32 Å². The first-order chi connectivity index (χ1) is 16.9. The third-order valence-corrected chi connectivity index (χ3v) is 6.48. The van der Waals surface area contributed by atoms with Crippen molar-refractivity contribution in [2.24, 2.45) is 0 Å². The number of hydrogen-bond acceptors (Lipinski definition) is 7. The van der Waals surface area contributed by atoms with Gasteiger partial charge in [-0.1, -0.05) is 12.1 Å². The highest BCUT2D eigenvalue weighted by molar-refractivity contribution is 7.92. The van der Waals surface area contributed by atoms with E-state index >= 15 is 0 Å². The fourth-order valence-corrected chi connectivity index (χ4v) is 4.54. The maximum atomic E-state index is 12.9. The number of benzene rings is 2. The SMILES string of the molecule is CC(=O)Nc1ccc(S(=O)(=O)Nc2cccc(-c3ccc4nnc(-c5cccnc5)n4n3)c2)cc1. The normalized spacial score (nSPS) is 11.3. The highest BCUT2D eigenvalue weighted by atomic mass is 32.2. The number of nitrogens with one attached hydrogen (secondary N) is 2. The fraction of sp³-hybridized carbons (Fsp3) is 0.0417. The lowest BCUT2D eigenvalue weighted by Crippen LogP contribution is -2.13. The van der Waals surface area contributed by atoms with Crippen LogP contribution in [-0.4, -0.2) is 39.1 Å². The molecule has 0 saturated heterocycles. The number of fused-ring (bicyclic) bond motifs is 1. The number of anilines is 2. The Balaban J connectivity index is 1.43. The second kappa shape index (κ2) is 8.95. The molecule has 0 aliphatic rings. The Bertz CT molecular complexity index is 1630. The van der Waals surface area contributed by atoms with Crippen LogP contribution in [0.5, 0.6) is 0 Å². The molecule has 1 amide bonds. The zero-order valence-electron chi connectivity index (χ0n) is 18.5. The predicted molar refractivity (Wildman–Crippen MR) is 131 cm³/mol. The van der Waals surface area contributed by atoms with Gasteiger partial charge in [0.05, 0.1) is 10.6 Å². The molecule has 0 unspecified atom stereocenters. The highest BCUT2D eigenvalue weighted by Crippen LogP contribution is 2.25. The van der Waals surface area contributed by atoms with Crippen LogP contribution < -0.4 is 10.0 Å². The number of carbonyl (C=O) groups is 1. The number of carbonyl (C=O) groups excluding carboxylic acids is 1. The summed E-state index contributed by atoms with van der Waals surface area (Å²) in [6.07, 6.45) is 3.36. The molecule has 35 heavy (non-hydrogen) atoms. The molecule has 2 N–H and O–H groups in total. The van der Waals surface area contributed by atoms with Crippen LogP contribution >= 0.6 is 0 Å². The maximum Gasteiger partial charge on any atom is 0.261 e. The largest absolute Gasteiger partial charge is 0.326 e. The molecule has 0 bridgehead atoms. The third-order valence-electron chi connectivity index (χ3n) is 5.08. The Morgan fingerprint density at radius 1 is 0.886 bits per heavy atom. The van der Waals surface area contributed by atoms with Crippen molar-refractivity contribution in [3.63, 3.8) is 0 Å². The maximum absolute atomic E-state index is 12.9. The monoisotopic (exact) mass is 485 g/mol. The summed E-state index contributed by atoms with van der Waals surface area (Å²) in [6.45, 7) is 1.38. The lowest BCUT2D eigenvalue weighted by molar-refractivity contribution is -0.114. The molecule has 0 saturated carbocycles. The van der Waals surface area contributed by atoms with Crippen LogP contribution in [0.15, 0.2) is 90.1 Å². The van der Waals surface area contributed by atoms with Crippen molar-refractivity contribution in [3.05, 3.63) is 85.2 Å². The Kier molecular flexibility index (Phi) is 5.67. The van der Waals surface area contributed by atoms with E-state index in [1.54, 1.807) is 47.2 Å². The number of hydrogen-bond donors (Lipinski definition) is 2. The molecule has 10 nitrogen and oxygen atoms in total. The quantitative estimate of drug-likeness (QED) is 0.376. The van der Waals surface area contributed by atoms with Gasteiger partial charge in [0.25, 0.3) is 10.0 Å². The number of nitrogens with zero attached hydrogens (tertiary/aromatic N) is 5. The van der Waals surface area contributed by atoms with Gasteiger partial charge in [0, 0.05) is 41.8 Å². The minimum Gasteiger partial charge on any atom is -0.326 e. The van der Waals surface area contributed by atoms with Crippen LogP contribution in [0.25, 0.3) is 28.3 Å². The van der Waals surface area contributed by atoms with E-state index in [1.165, 1.54) is 31.2 Å². The van der Waals surface area contributed by atoms with Crippen LogP contribution in [0.4, 0.5) is 11.4 Å². The molecule has 0 aliphatic heterocycles. The number of aromatic nitrogens is 5. The summed E-state index contributed by atoms with van der Waals surface area (Å²) in [5, 5.41) is 15.6. The van der Waals surface area contributed by atoms with Crippen LogP contribution in [0.3, 0.4) is 0 Å². The molecule has 3 heterocycles. The highest BCUT2D eigenvalue weighted by Gasteiger charge is 2.16. The Hall–Kier alpha value is -4.64. The Morgan fingerprint density at radius 3 is 2.43 bits per heavy atom. The minimum atomic E-state index is -3.84. The molecule has 5 rings (SSSR count). The van der Waals surface area contributed by atoms with Crippen molar-refractivity contribution in [3.8, 4) is 22.6 Å². The van der Waals surface area contributed by atoms with Gasteiger partial charge in [-0.25, -0.2) is 8.42 Å². The summed E-state index contributed by atoms with van der Waals surface area (Å²) in [5.74, 6) is 0.316. The van der Waals surface area contributed by atoms with Gasteiger partial charge in [0.15, 0.2) is 11.5 Å². The molecule has 0 spiro atoms. The average molecular weight is 486 g/mol. The van der Waals surface area contributed by atoms with Crippen molar-refractivity contribution in [2.75, 3.05) is 10.0 Å². The van der Waals surface area contributed by atoms with Gasteiger partial charge in [0.1, 0.15) is 0 Å². The molecule has 3 aromatic heterocycles. The van der Waals surface area contributed by atoms with Crippen molar-refractivity contribution >= 4 is 33.0 Å². The number of amides is 1. The smallest absolute Gasteiger partial charge is 0.261 e. The van der Waals surface area contributed by atoms with E-state index in [0.29, 0.717) is 34.1 Å². The van der Waals surface area contributed by atoms with Crippen LogP contribution in [0, 0.1) is 0 Å². The van der Waals surface area contributed by atoms with Crippen LogP contribution in [0.1, 0.15) is 6.92 Å². The minimum absolute atomic E-state index is 0.0714. The van der Waals surface area contributed by atoms with E-state index < -0.39 is 10.0 Å². The Morgan fingerprint density at radius 2 is 1.69 bits per heavy atom. The van der Waals surface area contributed by atoms with Gasteiger partial charge >= 0.3 is 0 Å². The molecule has 174 valence electrons. The topological polar surface area (TPSA) is 131 Å². The van der Waals surface area contributed by atoms with E-state index in [9.17, 15) is 13.2 Å². The van der Waals surface area contributed by atoms with Gasteiger partial charge in [-0.15, -0.1) is 10.2 Å². The summed E-state index contributed by atoms with van der Waals surface area (Å²) in [5.41, 5.74) is 3.57. The van der Waals surface area contributed by atoms with E-state index in [2.05, 4.69) is 30.3 Å². The lowest BCUT2D eigenvalue weighted by atomic mass is 10.1. The first-order valence-corrected chi connectivity index (χ1v) is 12.0. The van der Waals surface area contributed by atoms with E-state index in [4.69, 9.17) is 0 Å². The first kappa shape index (κ1) is 22.2. The number of pyridine rings is 1. The van der Waals surface area contributed by atoms with Crippen molar-refractivity contribution in [2.45, 2.75) is 11.8 Å². The lowest BCUT2D eigenvalue weighted by Gasteiger charge is -2.10.